The molecule has 2 aromatic carbocycles. The zero-order valence-corrected chi connectivity index (χ0v) is 14.0. The minimum atomic E-state index is -0.271. The highest BCUT2D eigenvalue weighted by Crippen LogP contribution is 2.18. The molecule has 0 aliphatic carbocycles. The van der Waals surface area contributed by atoms with Gasteiger partial charge in [0.25, 0.3) is 0 Å². The van der Waals surface area contributed by atoms with Crippen molar-refractivity contribution in [1.29, 1.82) is 0 Å². The number of aromatic nitrogens is 4. The largest absolute Gasteiger partial charge is 0.497 e. The maximum Gasteiger partial charge on any atom is 0.248 e. The SMILES string of the molecule is COc1ccc(NC(=O)/C=C/c2nnc3c4ccccc4cnn23)cc1. The second kappa shape index (κ2) is 6.64. The van der Waals surface area contributed by atoms with Gasteiger partial charge >= 0.3 is 0 Å². The van der Waals surface area contributed by atoms with Gasteiger partial charge in [0.15, 0.2) is 11.5 Å². The molecule has 0 aliphatic heterocycles. The van der Waals surface area contributed by atoms with Gasteiger partial charge in [-0.2, -0.15) is 9.61 Å². The van der Waals surface area contributed by atoms with Crippen molar-refractivity contribution in [2.45, 2.75) is 0 Å². The topological polar surface area (TPSA) is 81.4 Å². The first-order chi connectivity index (χ1) is 12.7. The summed E-state index contributed by atoms with van der Waals surface area (Å²) >= 11 is 0. The Balaban J connectivity index is 1.56. The summed E-state index contributed by atoms with van der Waals surface area (Å²) < 4.78 is 6.70. The number of carbonyl (C=O) groups excluding carboxylic acids is 1. The van der Waals surface area contributed by atoms with Crippen LogP contribution in [0.4, 0.5) is 5.69 Å². The minimum Gasteiger partial charge on any atom is -0.497 e. The summed E-state index contributed by atoms with van der Waals surface area (Å²) in [6, 6.07) is 14.9. The first-order valence-electron chi connectivity index (χ1n) is 7.97. The van der Waals surface area contributed by atoms with Gasteiger partial charge in [-0.3, -0.25) is 4.79 Å². The molecule has 0 atom stereocenters. The number of carbonyl (C=O) groups is 1. The van der Waals surface area contributed by atoms with E-state index in [0.29, 0.717) is 17.2 Å². The number of methoxy groups -OCH3 is 1. The first-order valence-corrected chi connectivity index (χ1v) is 7.97. The van der Waals surface area contributed by atoms with Gasteiger partial charge in [0.05, 0.1) is 13.3 Å². The van der Waals surface area contributed by atoms with Crippen molar-refractivity contribution in [3.63, 3.8) is 0 Å². The number of benzene rings is 2. The van der Waals surface area contributed by atoms with Gasteiger partial charge in [-0.25, -0.2) is 0 Å². The van der Waals surface area contributed by atoms with Gasteiger partial charge in [0.1, 0.15) is 5.75 Å². The number of hydrogen-bond acceptors (Lipinski definition) is 5. The number of rotatable bonds is 4. The molecule has 26 heavy (non-hydrogen) atoms. The lowest BCUT2D eigenvalue weighted by atomic mass is 10.2. The lowest BCUT2D eigenvalue weighted by Gasteiger charge is -2.03. The van der Waals surface area contributed by atoms with Crippen molar-refractivity contribution in [2.75, 3.05) is 12.4 Å². The summed E-state index contributed by atoms with van der Waals surface area (Å²) in [7, 11) is 1.59. The molecule has 1 N–H and O–H groups in total. The van der Waals surface area contributed by atoms with Crippen LogP contribution in [0.3, 0.4) is 0 Å². The Bertz CT molecular complexity index is 1120. The minimum absolute atomic E-state index is 0.271. The van der Waals surface area contributed by atoms with Crippen molar-refractivity contribution in [3.8, 4) is 5.75 Å². The quantitative estimate of drug-likeness (QED) is 0.575. The van der Waals surface area contributed by atoms with Crippen molar-refractivity contribution >= 4 is 34.1 Å². The lowest BCUT2D eigenvalue weighted by molar-refractivity contribution is -0.111. The Morgan fingerprint density at radius 1 is 1.12 bits per heavy atom. The van der Waals surface area contributed by atoms with Crippen LogP contribution in [0, 0.1) is 0 Å². The molecule has 2 aromatic heterocycles. The number of fused-ring (bicyclic) bond motifs is 3. The fraction of sp³-hybridized carbons (Fsp3) is 0.0526. The van der Waals surface area contributed by atoms with Crippen LogP contribution in [-0.4, -0.2) is 32.8 Å². The van der Waals surface area contributed by atoms with Crippen molar-refractivity contribution < 1.29 is 9.53 Å². The summed E-state index contributed by atoms with van der Waals surface area (Å²) in [5.41, 5.74) is 1.33. The number of nitrogens with one attached hydrogen (secondary N) is 1. The van der Waals surface area contributed by atoms with Gasteiger partial charge in [0.2, 0.25) is 5.91 Å². The van der Waals surface area contributed by atoms with E-state index in [2.05, 4.69) is 20.6 Å². The predicted octanol–water partition coefficient (Wildman–Crippen LogP) is 2.94. The van der Waals surface area contributed by atoms with E-state index in [9.17, 15) is 4.79 Å². The summed E-state index contributed by atoms with van der Waals surface area (Å²) in [6.07, 6.45) is 4.73. The molecule has 4 aromatic rings. The molecule has 0 aliphatic rings. The van der Waals surface area contributed by atoms with Crippen LogP contribution in [0.1, 0.15) is 5.82 Å². The normalized spacial score (nSPS) is 11.3. The van der Waals surface area contributed by atoms with Crippen LogP contribution in [0.2, 0.25) is 0 Å². The Labute approximate surface area is 148 Å². The zero-order chi connectivity index (χ0) is 17.9. The highest BCUT2D eigenvalue weighted by Gasteiger charge is 2.08. The van der Waals surface area contributed by atoms with Crippen LogP contribution in [0.25, 0.3) is 22.5 Å². The molecule has 0 saturated carbocycles. The third-order valence-corrected chi connectivity index (χ3v) is 3.92. The van der Waals surface area contributed by atoms with E-state index in [1.807, 2.05) is 24.3 Å². The molecule has 4 rings (SSSR count). The van der Waals surface area contributed by atoms with Crippen LogP contribution >= 0.6 is 0 Å². The Hall–Kier alpha value is -3.74. The lowest BCUT2D eigenvalue weighted by Crippen LogP contribution is -2.07. The Morgan fingerprint density at radius 2 is 1.92 bits per heavy atom. The van der Waals surface area contributed by atoms with Gasteiger partial charge < -0.3 is 10.1 Å². The van der Waals surface area contributed by atoms with E-state index in [1.54, 1.807) is 48.2 Å². The molecule has 2 heterocycles. The Morgan fingerprint density at radius 3 is 2.73 bits per heavy atom. The standard InChI is InChI=1S/C19H15N5O2/c1-26-15-8-6-14(7-9-15)21-18(25)11-10-17-22-23-19-16-5-3-2-4-13(16)12-20-24(17)19/h2-12H,1H3,(H,21,25)/b11-10+. The van der Waals surface area contributed by atoms with E-state index < -0.39 is 0 Å². The molecule has 0 unspecified atom stereocenters. The molecular formula is C19H15N5O2. The first kappa shape index (κ1) is 15.8. The number of amides is 1. The van der Waals surface area contributed by atoms with Crippen LogP contribution < -0.4 is 10.1 Å². The molecule has 7 heteroatoms. The van der Waals surface area contributed by atoms with E-state index >= 15 is 0 Å². The van der Waals surface area contributed by atoms with Crippen molar-refractivity contribution in [1.82, 2.24) is 19.8 Å². The van der Waals surface area contributed by atoms with Crippen LogP contribution in [0.15, 0.2) is 60.8 Å². The molecule has 0 spiro atoms. The molecule has 7 nitrogen and oxygen atoms in total. The predicted molar refractivity (Wildman–Crippen MR) is 98.9 cm³/mol. The van der Waals surface area contributed by atoms with Crippen LogP contribution in [0.5, 0.6) is 5.75 Å². The highest BCUT2D eigenvalue weighted by molar-refractivity contribution is 6.02. The number of hydrogen-bond donors (Lipinski definition) is 1. The summed E-state index contributed by atoms with van der Waals surface area (Å²) in [5.74, 6) is 0.940. The zero-order valence-electron chi connectivity index (χ0n) is 14.0. The van der Waals surface area contributed by atoms with Crippen molar-refractivity contribution in [3.05, 3.63) is 66.6 Å². The maximum atomic E-state index is 12.1. The van der Waals surface area contributed by atoms with Gasteiger partial charge in [-0.05, 0) is 30.3 Å². The second-order valence-electron chi connectivity index (χ2n) is 5.58. The fourth-order valence-electron chi connectivity index (χ4n) is 2.62. The molecule has 128 valence electrons. The molecule has 0 radical (unpaired) electrons. The smallest absolute Gasteiger partial charge is 0.248 e. The molecule has 0 fully saturated rings. The highest BCUT2D eigenvalue weighted by atomic mass is 16.5. The van der Waals surface area contributed by atoms with E-state index in [4.69, 9.17) is 4.74 Å². The fourth-order valence-corrected chi connectivity index (χ4v) is 2.62. The monoisotopic (exact) mass is 345 g/mol. The summed E-state index contributed by atoms with van der Waals surface area (Å²) in [4.78, 5) is 12.1. The Kier molecular flexibility index (Phi) is 4.03. The molecule has 1 amide bonds. The van der Waals surface area contributed by atoms with Gasteiger partial charge in [-0.15, -0.1) is 10.2 Å². The number of anilines is 1. The maximum absolute atomic E-state index is 12.1. The summed E-state index contributed by atoms with van der Waals surface area (Å²) in [6.45, 7) is 0. The number of ether oxygens (including phenoxy) is 1. The third-order valence-electron chi connectivity index (χ3n) is 3.92. The number of nitrogens with zero attached hydrogens (tertiary/aromatic N) is 4. The van der Waals surface area contributed by atoms with E-state index in [1.165, 1.54) is 6.08 Å². The molecule has 0 bridgehead atoms. The van der Waals surface area contributed by atoms with Crippen LogP contribution in [-0.2, 0) is 4.79 Å². The third kappa shape index (κ3) is 2.98. The van der Waals surface area contributed by atoms with E-state index in [0.717, 1.165) is 16.5 Å². The van der Waals surface area contributed by atoms with Gasteiger partial charge in [0, 0.05) is 22.5 Å². The molecular weight excluding hydrogens is 330 g/mol. The average Bonchev–Trinajstić information content (AvgIpc) is 3.10. The summed E-state index contributed by atoms with van der Waals surface area (Å²) in [5, 5.41) is 17.4. The van der Waals surface area contributed by atoms with Crippen molar-refractivity contribution in [2.24, 2.45) is 0 Å². The molecule has 0 saturated heterocycles. The second-order valence-corrected chi connectivity index (χ2v) is 5.58. The van der Waals surface area contributed by atoms with Gasteiger partial charge in [-0.1, -0.05) is 24.3 Å². The van der Waals surface area contributed by atoms with E-state index in [-0.39, 0.29) is 5.91 Å². The average molecular weight is 345 g/mol.